The zero-order valence-corrected chi connectivity index (χ0v) is 11.6. The molecule has 0 amide bonds. The van der Waals surface area contributed by atoms with Crippen LogP contribution in [0, 0.1) is 5.92 Å². The molecule has 0 spiro atoms. The lowest BCUT2D eigenvalue weighted by Gasteiger charge is -2.18. The van der Waals surface area contributed by atoms with Gasteiger partial charge in [-0.15, -0.1) is 0 Å². The summed E-state index contributed by atoms with van der Waals surface area (Å²) in [6.45, 7) is 3.16. The molecule has 0 saturated carbocycles. The fourth-order valence-electron chi connectivity index (χ4n) is 2.13. The molecule has 0 bridgehead atoms. The van der Waals surface area contributed by atoms with Crippen molar-refractivity contribution < 1.29 is 14.3 Å². The second-order valence-electron chi connectivity index (χ2n) is 4.99. The molecule has 6 heteroatoms. The first-order chi connectivity index (χ1) is 9.49. The van der Waals surface area contributed by atoms with Crippen molar-refractivity contribution in [3.05, 3.63) is 34.8 Å². The van der Waals surface area contributed by atoms with Gasteiger partial charge in [-0.2, -0.15) is 0 Å². The number of carbonyl (C=O) groups is 1. The van der Waals surface area contributed by atoms with E-state index in [1.165, 1.54) is 0 Å². The highest BCUT2D eigenvalue weighted by molar-refractivity contribution is 5.72. The van der Waals surface area contributed by atoms with Crippen LogP contribution in [0.4, 0.5) is 0 Å². The zero-order chi connectivity index (χ0) is 14.7. The predicted molar refractivity (Wildman–Crippen MR) is 74.8 cm³/mol. The van der Waals surface area contributed by atoms with Crippen LogP contribution in [-0.4, -0.2) is 40.7 Å². The van der Waals surface area contributed by atoms with Gasteiger partial charge in [0.05, 0.1) is 11.4 Å². The van der Waals surface area contributed by atoms with Gasteiger partial charge in [-0.1, -0.05) is 19.1 Å². The van der Waals surface area contributed by atoms with E-state index in [0.717, 1.165) is 5.52 Å². The minimum absolute atomic E-state index is 0.383. The van der Waals surface area contributed by atoms with Gasteiger partial charge < -0.3 is 14.4 Å². The molecule has 1 unspecified atom stereocenters. The lowest BCUT2D eigenvalue weighted by atomic mass is 10.2. The molecule has 2 aromatic rings. The first kappa shape index (κ1) is 14.3. The summed E-state index contributed by atoms with van der Waals surface area (Å²) in [6.07, 6.45) is 0. The summed E-state index contributed by atoms with van der Waals surface area (Å²) in [5, 5.41) is 8.87. The molecule has 0 aliphatic rings. The third-order valence-corrected chi connectivity index (χ3v) is 3.29. The number of fused-ring (bicyclic) bond motifs is 1. The summed E-state index contributed by atoms with van der Waals surface area (Å²) in [7, 11) is 1.84. The van der Waals surface area contributed by atoms with Crippen molar-refractivity contribution in [1.82, 2.24) is 9.47 Å². The van der Waals surface area contributed by atoms with Crippen LogP contribution in [0.2, 0.25) is 0 Å². The molecule has 2 rings (SSSR count). The Hall–Kier alpha value is -2.08. The van der Waals surface area contributed by atoms with Crippen LogP contribution in [0.5, 0.6) is 0 Å². The van der Waals surface area contributed by atoms with Gasteiger partial charge in [-0.3, -0.25) is 9.36 Å². The van der Waals surface area contributed by atoms with Crippen LogP contribution < -0.4 is 5.76 Å². The third kappa shape index (κ3) is 3.08. The zero-order valence-electron chi connectivity index (χ0n) is 11.6. The number of nitrogens with zero attached hydrogens (tertiary/aromatic N) is 2. The van der Waals surface area contributed by atoms with E-state index in [4.69, 9.17) is 9.52 Å². The monoisotopic (exact) mass is 278 g/mol. The van der Waals surface area contributed by atoms with Crippen LogP contribution in [-0.2, 0) is 11.3 Å². The molecule has 0 saturated heterocycles. The molecular weight excluding hydrogens is 260 g/mol. The second kappa shape index (κ2) is 5.92. The Morgan fingerprint density at radius 1 is 1.45 bits per heavy atom. The predicted octanol–water partition coefficient (Wildman–Crippen LogP) is 1.25. The van der Waals surface area contributed by atoms with E-state index in [1.54, 1.807) is 17.6 Å². The number of carboxylic acids is 1. The molecule has 1 heterocycles. The molecule has 0 aliphatic carbocycles. The average molecular weight is 278 g/mol. The standard InChI is InChI=1S/C14H18N2O4/c1-10(13(17)18)9-15(2)7-8-16-11-5-3-4-6-12(11)20-14(16)19/h3-6,10H,7-9H2,1-2H3,(H,17,18). The summed E-state index contributed by atoms with van der Waals surface area (Å²) in [6, 6.07) is 7.25. The normalized spacial score (nSPS) is 12.9. The van der Waals surface area contributed by atoms with Crippen molar-refractivity contribution in [3.63, 3.8) is 0 Å². The number of benzene rings is 1. The van der Waals surface area contributed by atoms with Crippen LogP contribution in [0.15, 0.2) is 33.5 Å². The number of hydrogen-bond donors (Lipinski definition) is 1. The number of aliphatic carboxylic acids is 1. The van der Waals surface area contributed by atoms with Gasteiger partial charge in [-0.05, 0) is 19.2 Å². The molecular formula is C14H18N2O4. The van der Waals surface area contributed by atoms with Gasteiger partial charge in [0.1, 0.15) is 0 Å². The van der Waals surface area contributed by atoms with Gasteiger partial charge in [0.15, 0.2) is 5.58 Å². The Morgan fingerprint density at radius 3 is 2.85 bits per heavy atom. The highest BCUT2D eigenvalue weighted by Gasteiger charge is 2.14. The van der Waals surface area contributed by atoms with Gasteiger partial charge in [0, 0.05) is 19.6 Å². The van der Waals surface area contributed by atoms with Crippen molar-refractivity contribution in [2.45, 2.75) is 13.5 Å². The lowest BCUT2D eigenvalue weighted by molar-refractivity contribution is -0.141. The first-order valence-electron chi connectivity index (χ1n) is 6.48. The highest BCUT2D eigenvalue weighted by Crippen LogP contribution is 2.11. The maximum absolute atomic E-state index is 11.8. The molecule has 0 fully saturated rings. The molecule has 108 valence electrons. The molecule has 1 N–H and O–H groups in total. The Kier molecular flexibility index (Phi) is 4.24. The van der Waals surface area contributed by atoms with Gasteiger partial charge in [-0.25, -0.2) is 4.79 Å². The van der Waals surface area contributed by atoms with Crippen molar-refractivity contribution in [2.24, 2.45) is 5.92 Å². The Bertz CT molecular complexity index is 658. The Labute approximate surface area is 116 Å². The summed E-state index contributed by atoms with van der Waals surface area (Å²) >= 11 is 0. The van der Waals surface area contributed by atoms with E-state index in [2.05, 4.69) is 0 Å². The molecule has 0 radical (unpaired) electrons. The van der Waals surface area contributed by atoms with Crippen molar-refractivity contribution >= 4 is 17.1 Å². The lowest BCUT2D eigenvalue weighted by Crippen LogP contribution is -2.32. The maximum Gasteiger partial charge on any atom is 0.419 e. The fourth-order valence-corrected chi connectivity index (χ4v) is 2.13. The number of rotatable bonds is 6. The topological polar surface area (TPSA) is 75.7 Å². The van der Waals surface area contributed by atoms with Crippen LogP contribution >= 0.6 is 0 Å². The van der Waals surface area contributed by atoms with E-state index in [9.17, 15) is 9.59 Å². The second-order valence-corrected chi connectivity index (χ2v) is 4.99. The first-order valence-corrected chi connectivity index (χ1v) is 6.48. The smallest absolute Gasteiger partial charge is 0.419 e. The maximum atomic E-state index is 11.8. The SMILES string of the molecule is CC(CN(C)CCn1c(=O)oc2ccccc21)C(=O)O. The van der Waals surface area contributed by atoms with Crippen molar-refractivity contribution in [3.8, 4) is 0 Å². The molecule has 1 aromatic carbocycles. The van der Waals surface area contributed by atoms with Crippen LogP contribution in [0.3, 0.4) is 0 Å². The summed E-state index contributed by atoms with van der Waals surface area (Å²) in [5.74, 6) is -1.63. The van der Waals surface area contributed by atoms with E-state index >= 15 is 0 Å². The van der Waals surface area contributed by atoms with Crippen molar-refractivity contribution in [1.29, 1.82) is 0 Å². The molecule has 1 aromatic heterocycles. The van der Waals surface area contributed by atoms with Crippen LogP contribution in [0.25, 0.3) is 11.1 Å². The minimum atomic E-state index is -0.817. The van der Waals surface area contributed by atoms with E-state index in [0.29, 0.717) is 25.2 Å². The quantitative estimate of drug-likeness (QED) is 0.860. The molecule has 1 atom stereocenters. The number of aromatic nitrogens is 1. The fraction of sp³-hybridized carbons (Fsp3) is 0.429. The number of para-hydroxylation sites is 2. The molecule has 6 nitrogen and oxygen atoms in total. The van der Waals surface area contributed by atoms with Gasteiger partial charge in [0.2, 0.25) is 0 Å². The number of carboxylic acid groups (broad SMARTS) is 1. The largest absolute Gasteiger partial charge is 0.481 e. The summed E-state index contributed by atoms with van der Waals surface area (Å²) in [5.41, 5.74) is 1.33. The number of hydrogen-bond acceptors (Lipinski definition) is 4. The van der Waals surface area contributed by atoms with E-state index < -0.39 is 11.9 Å². The average Bonchev–Trinajstić information content (AvgIpc) is 2.71. The number of likely N-dealkylation sites (N-methyl/N-ethyl adjacent to an activating group) is 1. The molecule has 20 heavy (non-hydrogen) atoms. The Morgan fingerprint density at radius 2 is 2.15 bits per heavy atom. The highest BCUT2D eigenvalue weighted by atomic mass is 16.4. The summed E-state index contributed by atoms with van der Waals surface area (Å²) < 4.78 is 6.71. The van der Waals surface area contributed by atoms with Gasteiger partial charge >= 0.3 is 11.7 Å². The van der Waals surface area contributed by atoms with E-state index in [1.807, 2.05) is 30.1 Å². The minimum Gasteiger partial charge on any atom is -0.481 e. The van der Waals surface area contributed by atoms with Crippen LogP contribution in [0.1, 0.15) is 6.92 Å². The van der Waals surface area contributed by atoms with Crippen molar-refractivity contribution in [2.75, 3.05) is 20.1 Å². The van der Waals surface area contributed by atoms with Gasteiger partial charge in [0.25, 0.3) is 0 Å². The third-order valence-electron chi connectivity index (χ3n) is 3.29. The molecule has 0 aliphatic heterocycles. The summed E-state index contributed by atoms with van der Waals surface area (Å²) in [4.78, 5) is 24.5. The Balaban J connectivity index is 2.04. The van der Waals surface area contributed by atoms with E-state index in [-0.39, 0.29) is 5.76 Å². The number of oxazole rings is 1.